The summed E-state index contributed by atoms with van der Waals surface area (Å²) < 4.78 is 5.39. The Kier molecular flexibility index (Phi) is 2.90. The van der Waals surface area contributed by atoms with Crippen LogP contribution < -0.4 is 0 Å². The summed E-state index contributed by atoms with van der Waals surface area (Å²) in [4.78, 5) is 0. The van der Waals surface area contributed by atoms with Crippen molar-refractivity contribution in [1.29, 1.82) is 0 Å². The third kappa shape index (κ3) is 1.94. The van der Waals surface area contributed by atoms with Crippen LogP contribution in [0.15, 0.2) is 0 Å². The maximum atomic E-state index is 9.41. The van der Waals surface area contributed by atoms with Gasteiger partial charge < -0.3 is 9.84 Å². The summed E-state index contributed by atoms with van der Waals surface area (Å²) in [6, 6.07) is 0. The van der Waals surface area contributed by atoms with E-state index in [4.69, 9.17) is 4.74 Å². The van der Waals surface area contributed by atoms with E-state index in [0.29, 0.717) is 0 Å². The summed E-state index contributed by atoms with van der Waals surface area (Å²) in [5.41, 5.74) is 0.0371. The fraction of sp³-hybridized carbons (Fsp3) is 1.00. The lowest BCUT2D eigenvalue weighted by Crippen LogP contribution is -2.42. The Bertz CT molecular complexity index is 113. The molecule has 1 rings (SSSR count). The number of rotatable bonds is 4. The van der Waals surface area contributed by atoms with Crippen LogP contribution in [0.25, 0.3) is 0 Å². The second kappa shape index (κ2) is 3.55. The van der Waals surface area contributed by atoms with Gasteiger partial charge in [-0.05, 0) is 25.7 Å². The molecule has 0 aromatic rings. The minimum Gasteiger partial charge on any atom is -0.393 e. The minimum atomic E-state index is -0.171. The first-order valence-corrected chi connectivity index (χ1v) is 4.45. The van der Waals surface area contributed by atoms with Crippen LogP contribution >= 0.6 is 0 Å². The summed E-state index contributed by atoms with van der Waals surface area (Å²) in [6.07, 6.45) is 4.99. The summed E-state index contributed by atoms with van der Waals surface area (Å²) in [6.45, 7) is 2.01. The number of hydrogen-bond acceptors (Lipinski definition) is 2. The summed E-state index contributed by atoms with van der Waals surface area (Å²) in [7, 11) is 1.75. The predicted octanol–water partition coefficient (Wildman–Crippen LogP) is 1.72. The molecule has 11 heavy (non-hydrogen) atoms. The van der Waals surface area contributed by atoms with E-state index in [1.54, 1.807) is 7.11 Å². The van der Waals surface area contributed by atoms with Crippen LogP contribution in [0.1, 0.15) is 39.0 Å². The van der Waals surface area contributed by atoms with Gasteiger partial charge in [0.05, 0.1) is 11.7 Å². The lowest BCUT2D eigenvalue weighted by molar-refractivity contribution is -0.0994. The molecule has 0 bridgehead atoms. The van der Waals surface area contributed by atoms with E-state index >= 15 is 0 Å². The molecule has 0 saturated heterocycles. The van der Waals surface area contributed by atoms with Gasteiger partial charge in [-0.15, -0.1) is 0 Å². The Morgan fingerprint density at radius 2 is 2.18 bits per heavy atom. The molecule has 0 spiro atoms. The number of aliphatic hydroxyl groups excluding tert-OH is 1. The standard InChI is InChI=1S/C9H18O2/c1-3-8(10)7-9(11-2)5-4-6-9/h8,10H,3-7H2,1-2H3. The fourth-order valence-corrected chi connectivity index (χ4v) is 1.64. The second-order valence-corrected chi connectivity index (χ2v) is 3.51. The molecule has 1 N–H and O–H groups in total. The predicted molar refractivity (Wildman–Crippen MR) is 44.5 cm³/mol. The number of hydrogen-bond donors (Lipinski definition) is 1. The Hall–Kier alpha value is -0.0800. The van der Waals surface area contributed by atoms with Crippen LogP contribution in [-0.4, -0.2) is 23.9 Å². The van der Waals surface area contributed by atoms with E-state index in [-0.39, 0.29) is 11.7 Å². The Labute approximate surface area is 68.6 Å². The van der Waals surface area contributed by atoms with Crippen LogP contribution in [-0.2, 0) is 4.74 Å². The highest BCUT2D eigenvalue weighted by atomic mass is 16.5. The van der Waals surface area contributed by atoms with Gasteiger partial charge in [0.2, 0.25) is 0 Å². The highest BCUT2D eigenvalue weighted by molar-refractivity contribution is 4.90. The highest BCUT2D eigenvalue weighted by Gasteiger charge is 2.38. The zero-order valence-electron chi connectivity index (χ0n) is 7.47. The van der Waals surface area contributed by atoms with Crippen molar-refractivity contribution in [2.75, 3.05) is 7.11 Å². The third-order valence-corrected chi connectivity index (χ3v) is 2.78. The topological polar surface area (TPSA) is 29.5 Å². The van der Waals surface area contributed by atoms with Gasteiger partial charge in [-0.3, -0.25) is 0 Å². The van der Waals surface area contributed by atoms with E-state index in [0.717, 1.165) is 25.7 Å². The Morgan fingerprint density at radius 1 is 1.55 bits per heavy atom. The van der Waals surface area contributed by atoms with Gasteiger partial charge in [0.1, 0.15) is 0 Å². The Balaban J connectivity index is 2.32. The van der Waals surface area contributed by atoms with E-state index in [1.165, 1.54) is 6.42 Å². The first kappa shape index (κ1) is 9.01. The van der Waals surface area contributed by atoms with Crippen molar-refractivity contribution in [3.8, 4) is 0 Å². The highest BCUT2D eigenvalue weighted by Crippen LogP contribution is 2.39. The maximum Gasteiger partial charge on any atom is 0.0703 e. The molecule has 1 aliphatic rings. The van der Waals surface area contributed by atoms with E-state index in [2.05, 4.69) is 0 Å². The van der Waals surface area contributed by atoms with Gasteiger partial charge >= 0.3 is 0 Å². The smallest absolute Gasteiger partial charge is 0.0703 e. The van der Waals surface area contributed by atoms with Crippen LogP contribution in [0.4, 0.5) is 0 Å². The number of ether oxygens (including phenoxy) is 1. The van der Waals surface area contributed by atoms with Crippen LogP contribution in [0.5, 0.6) is 0 Å². The molecule has 0 aromatic carbocycles. The molecular formula is C9H18O2. The Morgan fingerprint density at radius 3 is 2.45 bits per heavy atom. The van der Waals surface area contributed by atoms with Crippen molar-refractivity contribution >= 4 is 0 Å². The van der Waals surface area contributed by atoms with Gasteiger partial charge in [-0.2, -0.15) is 0 Å². The molecule has 66 valence electrons. The lowest BCUT2D eigenvalue weighted by atomic mass is 9.76. The van der Waals surface area contributed by atoms with Gasteiger partial charge in [0, 0.05) is 13.5 Å². The normalized spacial score (nSPS) is 24.3. The molecule has 2 nitrogen and oxygen atoms in total. The SMILES string of the molecule is CCC(O)CC1(OC)CCC1. The average molecular weight is 158 g/mol. The number of aliphatic hydroxyl groups is 1. The molecule has 0 aromatic heterocycles. The van der Waals surface area contributed by atoms with Gasteiger partial charge in [-0.25, -0.2) is 0 Å². The molecule has 0 heterocycles. The number of methoxy groups -OCH3 is 1. The van der Waals surface area contributed by atoms with Crippen molar-refractivity contribution in [2.45, 2.75) is 50.7 Å². The zero-order valence-corrected chi connectivity index (χ0v) is 7.47. The van der Waals surface area contributed by atoms with E-state index in [9.17, 15) is 5.11 Å². The largest absolute Gasteiger partial charge is 0.393 e. The van der Waals surface area contributed by atoms with Gasteiger partial charge in [0.15, 0.2) is 0 Å². The minimum absolute atomic E-state index is 0.0371. The third-order valence-electron chi connectivity index (χ3n) is 2.78. The van der Waals surface area contributed by atoms with Crippen molar-refractivity contribution < 1.29 is 9.84 Å². The molecule has 0 aliphatic heterocycles. The quantitative estimate of drug-likeness (QED) is 0.675. The van der Waals surface area contributed by atoms with E-state index < -0.39 is 0 Å². The molecule has 1 saturated carbocycles. The molecule has 0 radical (unpaired) electrons. The van der Waals surface area contributed by atoms with Gasteiger partial charge in [0.25, 0.3) is 0 Å². The molecule has 1 fully saturated rings. The molecule has 1 aliphatic carbocycles. The van der Waals surface area contributed by atoms with Crippen LogP contribution in [0.3, 0.4) is 0 Å². The average Bonchev–Trinajstić information content (AvgIpc) is 1.96. The van der Waals surface area contributed by atoms with E-state index in [1.807, 2.05) is 6.92 Å². The first-order valence-electron chi connectivity index (χ1n) is 4.45. The van der Waals surface area contributed by atoms with Crippen molar-refractivity contribution in [1.82, 2.24) is 0 Å². The van der Waals surface area contributed by atoms with Gasteiger partial charge in [-0.1, -0.05) is 6.92 Å². The second-order valence-electron chi connectivity index (χ2n) is 3.51. The summed E-state index contributed by atoms with van der Waals surface area (Å²) in [5, 5.41) is 9.41. The molecular weight excluding hydrogens is 140 g/mol. The molecule has 1 atom stereocenters. The van der Waals surface area contributed by atoms with Crippen molar-refractivity contribution in [3.05, 3.63) is 0 Å². The maximum absolute atomic E-state index is 9.41. The lowest BCUT2D eigenvalue weighted by Gasteiger charge is -2.41. The monoisotopic (exact) mass is 158 g/mol. The fourth-order valence-electron chi connectivity index (χ4n) is 1.64. The first-order chi connectivity index (χ1) is 5.22. The van der Waals surface area contributed by atoms with Crippen LogP contribution in [0.2, 0.25) is 0 Å². The zero-order chi connectivity index (χ0) is 8.32. The molecule has 1 unspecified atom stereocenters. The van der Waals surface area contributed by atoms with Crippen molar-refractivity contribution in [2.24, 2.45) is 0 Å². The molecule has 2 heteroatoms. The summed E-state index contributed by atoms with van der Waals surface area (Å²) in [5.74, 6) is 0. The summed E-state index contributed by atoms with van der Waals surface area (Å²) >= 11 is 0. The van der Waals surface area contributed by atoms with Crippen LogP contribution in [0, 0.1) is 0 Å². The van der Waals surface area contributed by atoms with Crippen molar-refractivity contribution in [3.63, 3.8) is 0 Å². The molecule has 0 amide bonds.